The average Bonchev–Trinajstić information content (AvgIpc) is 2.44. The monoisotopic (exact) mass is 290 g/mol. The van der Waals surface area contributed by atoms with E-state index in [4.69, 9.17) is 4.74 Å². The number of urea groups is 1. The van der Waals surface area contributed by atoms with E-state index >= 15 is 0 Å². The Bertz CT molecular complexity index is 552. The van der Waals surface area contributed by atoms with Crippen LogP contribution in [0.4, 0.5) is 4.79 Å². The number of hydrogen-bond donors (Lipinski definition) is 2. The first-order valence-corrected chi connectivity index (χ1v) is 6.51. The number of carbonyl (C=O) groups excluding carboxylic acids is 3. The molecule has 1 rings (SSSR count). The molecule has 2 N–H and O–H groups in total. The summed E-state index contributed by atoms with van der Waals surface area (Å²) in [6.07, 6.45) is 2.85. The van der Waals surface area contributed by atoms with Crippen molar-refractivity contribution in [3.05, 3.63) is 41.5 Å². The minimum absolute atomic E-state index is 0.401. The second kappa shape index (κ2) is 8.52. The van der Waals surface area contributed by atoms with Gasteiger partial charge in [-0.15, -0.1) is 0 Å². The standard InChI is InChI=1S/C15H18N2O4/c1-3-16-15(20)17-13(18)10-21-14(19)9-8-12-7-5-4-6-11(12)2/h4-9H,3,10H2,1-2H3,(H2,16,17,18,20)/b9-8+. The summed E-state index contributed by atoms with van der Waals surface area (Å²) in [6, 6.07) is 6.93. The van der Waals surface area contributed by atoms with Gasteiger partial charge in [0.2, 0.25) is 0 Å². The van der Waals surface area contributed by atoms with E-state index in [-0.39, 0.29) is 0 Å². The number of esters is 1. The maximum absolute atomic E-state index is 11.5. The van der Waals surface area contributed by atoms with Gasteiger partial charge >= 0.3 is 12.0 Å². The Morgan fingerprint density at radius 3 is 2.62 bits per heavy atom. The fraction of sp³-hybridized carbons (Fsp3) is 0.267. The molecule has 112 valence electrons. The molecule has 0 aliphatic heterocycles. The normalized spacial score (nSPS) is 10.2. The number of nitrogens with one attached hydrogen (secondary N) is 2. The van der Waals surface area contributed by atoms with Crippen molar-refractivity contribution in [2.24, 2.45) is 0 Å². The molecule has 0 radical (unpaired) electrons. The second-order valence-electron chi connectivity index (χ2n) is 4.21. The van der Waals surface area contributed by atoms with Crippen molar-refractivity contribution < 1.29 is 19.1 Å². The lowest BCUT2D eigenvalue weighted by Crippen LogP contribution is -2.41. The molecule has 0 bridgehead atoms. The fourth-order valence-electron chi connectivity index (χ4n) is 1.48. The Balaban J connectivity index is 2.39. The van der Waals surface area contributed by atoms with Crippen LogP contribution >= 0.6 is 0 Å². The second-order valence-corrected chi connectivity index (χ2v) is 4.21. The van der Waals surface area contributed by atoms with Gasteiger partial charge in [0.1, 0.15) is 0 Å². The molecular formula is C15H18N2O4. The molecule has 6 heteroatoms. The summed E-state index contributed by atoms with van der Waals surface area (Å²) < 4.78 is 4.73. The molecule has 0 unspecified atom stereocenters. The Labute approximate surface area is 123 Å². The summed E-state index contributed by atoms with van der Waals surface area (Å²) in [5.74, 6) is -1.33. The molecule has 0 saturated carbocycles. The number of hydrogen-bond acceptors (Lipinski definition) is 4. The van der Waals surface area contributed by atoms with Gasteiger partial charge in [-0.25, -0.2) is 9.59 Å². The lowest BCUT2D eigenvalue weighted by atomic mass is 10.1. The summed E-state index contributed by atoms with van der Waals surface area (Å²) >= 11 is 0. The zero-order valence-electron chi connectivity index (χ0n) is 12.0. The van der Waals surface area contributed by atoms with Crippen molar-refractivity contribution >= 4 is 24.0 Å². The van der Waals surface area contributed by atoms with E-state index < -0.39 is 24.5 Å². The van der Waals surface area contributed by atoms with Crippen molar-refractivity contribution in [3.8, 4) is 0 Å². The number of aryl methyl sites for hydroxylation is 1. The van der Waals surface area contributed by atoms with E-state index in [1.54, 1.807) is 13.0 Å². The van der Waals surface area contributed by atoms with Gasteiger partial charge in [0.25, 0.3) is 5.91 Å². The molecular weight excluding hydrogens is 272 g/mol. The molecule has 0 heterocycles. The number of carbonyl (C=O) groups is 3. The summed E-state index contributed by atoms with van der Waals surface area (Å²) in [7, 11) is 0. The van der Waals surface area contributed by atoms with Crippen LogP contribution in [0.2, 0.25) is 0 Å². The predicted octanol–water partition coefficient (Wildman–Crippen LogP) is 1.40. The minimum Gasteiger partial charge on any atom is -0.452 e. The molecule has 0 aliphatic carbocycles. The first-order chi connectivity index (χ1) is 10.0. The van der Waals surface area contributed by atoms with Gasteiger partial charge in [0.05, 0.1) is 0 Å². The van der Waals surface area contributed by atoms with E-state index in [0.717, 1.165) is 11.1 Å². The number of imide groups is 1. The third-order valence-electron chi connectivity index (χ3n) is 2.52. The first-order valence-electron chi connectivity index (χ1n) is 6.51. The number of amides is 3. The summed E-state index contributed by atoms with van der Waals surface area (Å²) in [5, 5.41) is 4.42. The van der Waals surface area contributed by atoms with E-state index in [9.17, 15) is 14.4 Å². The highest BCUT2D eigenvalue weighted by Gasteiger charge is 2.08. The van der Waals surface area contributed by atoms with Crippen LogP contribution in [0.3, 0.4) is 0 Å². The molecule has 0 atom stereocenters. The number of benzene rings is 1. The quantitative estimate of drug-likeness (QED) is 0.634. The van der Waals surface area contributed by atoms with Crippen LogP contribution in [0, 0.1) is 6.92 Å². The van der Waals surface area contributed by atoms with Gasteiger partial charge < -0.3 is 10.1 Å². The lowest BCUT2D eigenvalue weighted by Gasteiger charge is -2.04. The van der Waals surface area contributed by atoms with Gasteiger partial charge in [-0.1, -0.05) is 24.3 Å². The van der Waals surface area contributed by atoms with E-state index in [1.165, 1.54) is 6.08 Å². The zero-order chi connectivity index (χ0) is 15.7. The first kappa shape index (κ1) is 16.4. The lowest BCUT2D eigenvalue weighted by molar-refractivity contribution is -0.143. The molecule has 1 aromatic rings. The van der Waals surface area contributed by atoms with Crippen molar-refractivity contribution in [2.75, 3.05) is 13.2 Å². The third kappa shape index (κ3) is 6.38. The Morgan fingerprint density at radius 2 is 1.95 bits per heavy atom. The number of rotatable bonds is 5. The summed E-state index contributed by atoms with van der Waals surface area (Å²) in [4.78, 5) is 33.8. The molecule has 3 amide bonds. The third-order valence-corrected chi connectivity index (χ3v) is 2.52. The maximum Gasteiger partial charge on any atom is 0.331 e. The van der Waals surface area contributed by atoms with Crippen LogP contribution in [0.1, 0.15) is 18.1 Å². The summed E-state index contributed by atoms with van der Waals surface area (Å²) in [6.45, 7) is 3.54. The molecule has 21 heavy (non-hydrogen) atoms. The van der Waals surface area contributed by atoms with Crippen molar-refractivity contribution in [1.29, 1.82) is 0 Å². The fourth-order valence-corrected chi connectivity index (χ4v) is 1.48. The van der Waals surface area contributed by atoms with Crippen molar-refractivity contribution in [3.63, 3.8) is 0 Å². The van der Waals surface area contributed by atoms with Crippen molar-refractivity contribution in [2.45, 2.75) is 13.8 Å². The van der Waals surface area contributed by atoms with Crippen LogP contribution < -0.4 is 10.6 Å². The van der Waals surface area contributed by atoms with Gasteiger partial charge in [-0.3, -0.25) is 10.1 Å². The Hall–Kier alpha value is -2.63. The van der Waals surface area contributed by atoms with Crippen LogP contribution in [-0.2, 0) is 14.3 Å². The molecule has 0 fully saturated rings. The Kier molecular flexibility index (Phi) is 6.67. The van der Waals surface area contributed by atoms with E-state index in [0.29, 0.717) is 6.54 Å². The van der Waals surface area contributed by atoms with Gasteiger partial charge in [-0.05, 0) is 31.1 Å². The number of ether oxygens (including phenoxy) is 1. The van der Waals surface area contributed by atoms with E-state index in [2.05, 4.69) is 5.32 Å². The molecule has 6 nitrogen and oxygen atoms in total. The topological polar surface area (TPSA) is 84.5 Å². The van der Waals surface area contributed by atoms with Crippen LogP contribution in [0.5, 0.6) is 0 Å². The van der Waals surface area contributed by atoms with E-state index in [1.807, 2.05) is 36.5 Å². The largest absolute Gasteiger partial charge is 0.452 e. The average molecular weight is 290 g/mol. The molecule has 0 saturated heterocycles. The Morgan fingerprint density at radius 1 is 1.24 bits per heavy atom. The predicted molar refractivity (Wildman–Crippen MR) is 78.4 cm³/mol. The van der Waals surface area contributed by atoms with Crippen LogP contribution in [0.15, 0.2) is 30.3 Å². The van der Waals surface area contributed by atoms with Gasteiger partial charge in [-0.2, -0.15) is 0 Å². The zero-order valence-corrected chi connectivity index (χ0v) is 12.0. The summed E-state index contributed by atoms with van der Waals surface area (Å²) in [5.41, 5.74) is 1.91. The highest BCUT2D eigenvalue weighted by molar-refractivity contribution is 5.96. The molecule has 0 aliphatic rings. The molecule has 0 spiro atoms. The van der Waals surface area contributed by atoms with Crippen LogP contribution in [-0.4, -0.2) is 31.1 Å². The minimum atomic E-state index is -0.682. The van der Waals surface area contributed by atoms with Crippen LogP contribution in [0.25, 0.3) is 6.08 Å². The van der Waals surface area contributed by atoms with Gasteiger partial charge in [0.15, 0.2) is 6.61 Å². The maximum atomic E-state index is 11.5. The highest BCUT2D eigenvalue weighted by Crippen LogP contribution is 2.08. The molecule has 1 aromatic carbocycles. The van der Waals surface area contributed by atoms with Gasteiger partial charge in [0, 0.05) is 12.6 Å². The highest BCUT2D eigenvalue weighted by atomic mass is 16.5. The SMILES string of the molecule is CCNC(=O)NC(=O)COC(=O)/C=C/c1ccccc1C. The smallest absolute Gasteiger partial charge is 0.331 e. The van der Waals surface area contributed by atoms with Crippen molar-refractivity contribution in [1.82, 2.24) is 10.6 Å². The molecule has 0 aromatic heterocycles.